The van der Waals surface area contributed by atoms with Crippen molar-refractivity contribution < 1.29 is 29.0 Å². The molecule has 0 spiro atoms. The van der Waals surface area contributed by atoms with Crippen molar-refractivity contribution in [3.05, 3.63) is 121 Å². The summed E-state index contributed by atoms with van der Waals surface area (Å²) in [5.41, 5.74) is 6.60. The van der Waals surface area contributed by atoms with E-state index in [9.17, 15) is 19.5 Å². The Labute approximate surface area is 372 Å². The van der Waals surface area contributed by atoms with E-state index in [4.69, 9.17) is 20.9 Å². The molecule has 2 aliphatic rings. The number of methoxy groups -OCH3 is 2. The lowest BCUT2D eigenvalue weighted by Crippen LogP contribution is -2.51. The number of aromatic amines is 2. The van der Waals surface area contributed by atoms with Crippen LogP contribution in [-0.4, -0.2) is 92.0 Å². The summed E-state index contributed by atoms with van der Waals surface area (Å²) in [6.45, 7) is 4.23. The van der Waals surface area contributed by atoms with E-state index >= 15 is 0 Å². The Morgan fingerprint density at radius 3 is 2.19 bits per heavy atom. The maximum atomic E-state index is 13.6. The lowest BCUT2D eigenvalue weighted by molar-refractivity contribution is -0.135. The minimum atomic E-state index is -0.992. The van der Waals surface area contributed by atoms with Crippen molar-refractivity contribution in [3.63, 3.8) is 0 Å². The molecule has 1 aliphatic heterocycles. The molecule has 2 unspecified atom stereocenters. The third-order valence-electron chi connectivity index (χ3n) is 12.6. The van der Waals surface area contributed by atoms with E-state index in [1.54, 1.807) is 11.1 Å². The molecule has 3 amide bonds. The number of piperidine rings is 1. The number of aromatic nitrogens is 4. The zero-order chi connectivity index (χ0) is 44.9. The topological polar surface area (TPSA) is 178 Å². The van der Waals surface area contributed by atoms with Crippen molar-refractivity contribution in [2.45, 2.75) is 76.5 Å². The summed E-state index contributed by atoms with van der Waals surface area (Å²) >= 11 is 0. The maximum absolute atomic E-state index is 13.6. The molecule has 1 aliphatic carbocycles. The van der Waals surface area contributed by atoms with Gasteiger partial charge in [-0.25, -0.2) is 19.6 Å². The third kappa shape index (κ3) is 9.22. The highest BCUT2D eigenvalue weighted by atomic mass is 16.5. The number of benzene rings is 4. The number of amides is 3. The first-order valence-electron chi connectivity index (χ1n) is 21.7. The molecule has 1 saturated heterocycles. The van der Waals surface area contributed by atoms with Gasteiger partial charge in [-0.15, -0.1) is 12.3 Å². The molecular formula is C50H54N8O6. The number of alkyl carbamates (subject to hydrolysis) is 2. The van der Waals surface area contributed by atoms with Crippen LogP contribution in [0.15, 0.2) is 103 Å². The highest BCUT2D eigenvalue weighted by molar-refractivity contribution is 5.91. The monoisotopic (exact) mass is 862 g/mol. The highest BCUT2D eigenvalue weighted by Crippen LogP contribution is 2.51. The zero-order valence-corrected chi connectivity index (χ0v) is 36.5. The van der Waals surface area contributed by atoms with Crippen molar-refractivity contribution >= 4 is 28.9 Å². The average Bonchev–Trinajstić information content (AvgIpc) is 4.17. The van der Waals surface area contributed by atoms with E-state index in [1.807, 2.05) is 56.4 Å². The molecule has 1 saturated carbocycles. The van der Waals surface area contributed by atoms with Crippen LogP contribution in [0.1, 0.15) is 68.8 Å². The Bertz CT molecular complexity index is 2640. The molecule has 6 aromatic rings. The van der Waals surface area contributed by atoms with Crippen molar-refractivity contribution in [2.75, 3.05) is 20.8 Å². The molecule has 4 aromatic carbocycles. The molecule has 2 fully saturated rings. The van der Waals surface area contributed by atoms with Crippen LogP contribution in [0.25, 0.3) is 44.4 Å². The number of fused-ring (bicyclic) bond motifs is 3. The van der Waals surface area contributed by atoms with Crippen LogP contribution >= 0.6 is 0 Å². The minimum absolute atomic E-state index is 0.132. The quantitative estimate of drug-likeness (QED) is 0.0641. The molecule has 0 radical (unpaired) electrons. The van der Waals surface area contributed by atoms with Crippen molar-refractivity contribution in [3.8, 4) is 46.0 Å². The number of carbonyl (C=O) groups excluding carboxylic acids is 3. The molecule has 330 valence electrons. The molecule has 64 heavy (non-hydrogen) atoms. The highest BCUT2D eigenvalue weighted by Gasteiger charge is 2.51. The van der Waals surface area contributed by atoms with Gasteiger partial charge in [0.25, 0.3) is 0 Å². The number of nitrogens with one attached hydrogen (secondary N) is 4. The number of carbonyl (C=O) groups is 3. The van der Waals surface area contributed by atoms with E-state index in [0.717, 1.165) is 75.1 Å². The van der Waals surface area contributed by atoms with Crippen LogP contribution in [0.2, 0.25) is 0 Å². The normalized spacial score (nSPS) is 18.3. The summed E-state index contributed by atoms with van der Waals surface area (Å²) in [7, 11) is 2.59. The summed E-state index contributed by atoms with van der Waals surface area (Å²) in [5.74, 6) is 3.89. The fraction of sp³-hybridized carbons (Fsp3) is 0.340. The van der Waals surface area contributed by atoms with Gasteiger partial charge in [-0.1, -0.05) is 92.7 Å². The van der Waals surface area contributed by atoms with E-state index in [0.29, 0.717) is 24.7 Å². The molecular weight excluding hydrogens is 809 g/mol. The average molecular weight is 863 g/mol. The smallest absolute Gasteiger partial charge is 0.407 e. The predicted octanol–water partition coefficient (Wildman–Crippen LogP) is 7.96. The summed E-state index contributed by atoms with van der Waals surface area (Å²) in [6.07, 6.45) is 10.3. The van der Waals surface area contributed by atoms with Crippen LogP contribution < -0.4 is 10.6 Å². The first kappa shape index (κ1) is 43.7. The van der Waals surface area contributed by atoms with Gasteiger partial charge in [0.2, 0.25) is 5.91 Å². The predicted molar refractivity (Wildman–Crippen MR) is 244 cm³/mol. The number of likely N-dealkylation sites (tertiary alicyclic amines) is 1. The molecule has 3 heterocycles. The Balaban J connectivity index is 0.954. The Hall–Kier alpha value is -6.95. The molecule has 5 N–H and O–H groups in total. The fourth-order valence-corrected chi connectivity index (χ4v) is 9.31. The van der Waals surface area contributed by atoms with Gasteiger partial charge in [-0.2, -0.15) is 0 Å². The number of terminal acetylenes is 1. The van der Waals surface area contributed by atoms with Crippen LogP contribution in [-0.2, 0) is 20.8 Å². The first-order chi connectivity index (χ1) is 31.0. The Morgan fingerprint density at radius 1 is 0.844 bits per heavy atom. The molecule has 8 rings (SSSR count). The lowest BCUT2D eigenvalue weighted by Gasteiger charge is -2.40. The number of nitrogens with zero attached hydrogens (tertiary/aromatic N) is 4. The zero-order valence-electron chi connectivity index (χ0n) is 36.5. The number of ether oxygens (including phenoxy) is 2. The second-order valence-electron chi connectivity index (χ2n) is 16.9. The molecule has 14 heteroatoms. The first-order valence-corrected chi connectivity index (χ1v) is 21.7. The van der Waals surface area contributed by atoms with Gasteiger partial charge in [0.15, 0.2) is 0 Å². The van der Waals surface area contributed by atoms with Gasteiger partial charge >= 0.3 is 12.2 Å². The SMILES string of the molecule is C#CCCN(Cc1ncc(-c2ccc3cc(-c4ccc(-c5cnc(C6[C@H]7CC[C@H](C7)N6C(O)[C@H](NC(=O)OC)c6ccccc6)[nH]5)cc4)ccc3c2)[nH]1)C(=O)[C@@H](NC(=O)OC)C(C)C. The van der Waals surface area contributed by atoms with Gasteiger partial charge in [0.1, 0.15) is 23.9 Å². The van der Waals surface area contributed by atoms with Gasteiger partial charge in [0.05, 0.1) is 56.6 Å². The molecule has 14 nitrogen and oxygen atoms in total. The molecule has 2 aromatic heterocycles. The van der Waals surface area contributed by atoms with Gasteiger partial charge in [-0.3, -0.25) is 9.69 Å². The number of imidazole rings is 2. The standard InChI is InChI=1S/C50H54N8O6/c1-6-7-23-57(47(59)43(30(2)3)55-49(61)63-4)29-42-51-27-41(53-42)37-20-19-35-24-34(17-18-36(35)25-37)31-13-15-32(16-14-31)40-28-52-46(54-40)45-38-21-22-39(26-38)58(45)48(60)44(56-50(62)64-5)33-11-9-8-10-12-33/h1,8-20,24-25,27-28,30,38-39,43-45,48,60H,7,21-23,26,29H2,2-5H3,(H,51,53)(H,52,54)(H,55,61)(H,56,62)/t38-,39+,43-,44+,45?,48?/m0/s1. The lowest BCUT2D eigenvalue weighted by atomic mass is 9.96. The summed E-state index contributed by atoms with van der Waals surface area (Å²) < 4.78 is 9.68. The van der Waals surface area contributed by atoms with Crippen molar-refractivity contribution in [1.82, 2.24) is 40.4 Å². The van der Waals surface area contributed by atoms with Crippen molar-refractivity contribution in [1.29, 1.82) is 0 Å². The van der Waals surface area contributed by atoms with Crippen LogP contribution in [0.4, 0.5) is 9.59 Å². The van der Waals surface area contributed by atoms with E-state index in [-0.39, 0.29) is 30.5 Å². The van der Waals surface area contributed by atoms with Gasteiger partial charge in [0, 0.05) is 24.6 Å². The fourth-order valence-electron chi connectivity index (χ4n) is 9.31. The van der Waals surface area contributed by atoms with Crippen LogP contribution in [0.3, 0.4) is 0 Å². The molecule has 2 bridgehead atoms. The van der Waals surface area contributed by atoms with E-state index in [2.05, 4.69) is 91.0 Å². The van der Waals surface area contributed by atoms with Gasteiger partial charge in [-0.05, 0) is 76.3 Å². The number of H-pyrrole nitrogens is 2. The number of rotatable bonds is 15. The van der Waals surface area contributed by atoms with Crippen LogP contribution in [0.5, 0.6) is 0 Å². The summed E-state index contributed by atoms with van der Waals surface area (Å²) in [5, 5.41) is 19.6. The largest absolute Gasteiger partial charge is 0.453 e. The molecule has 6 atom stereocenters. The summed E-state index contributed by atoms with van der Waals surface area (Å²) in [4.78, 5) is 58.2. The second kappa shape index (κ2) is 19.2. The third-order valence-corrected chi connectivity index (χ3v) is 12.6. The summed E-state index contributed by atoms with van der Waals surface area (Å²) in [6, 6.07) is 29.1. The Morgan fingerprint density at radius 2 is 1.48 bits per heavy atom. The van der Waals surface area contributed by atoms with Crippen LogP contribution in [0, 0.1) is 24.2 Å². The second-order valence-corrected chi connectivity index (χ2v) is 16.9. The Kier molecular flexibility index (Phi) is 13.1. The number of hydrogen-bond acceptors (Lipinski definition) is 9. The maximum Gasteiger partial charge on any atom is 0.407 e. The van der Waals surface area contributed by atoms with Gasteiger partial charge < -0.3 is 40.1 Å². The van der Waals surface area contributed by atoms with Crippen molar-refractivity contribution in [2.24, 2.45) is 11.8 Å². The van der Waals surface area contributed by atoms with E-state index < -0.39 is 30.5 Å². The number of aliphatic hydroxyl groups excluding tert-OH is 1. The number of aliphatic hydroxyl groups is 1. The number of hydrogen-bond donors (Lipinski definition) is 5. The van der Waals surface area contributed by atoms with E-state index in [1.165, 1.54) is 14.2 Å². The minimum Gasteiger partial charge on any atom is -0.453 e.